The van der Waals surface area contributed by atoms with Crippen LogP contribution in [0.3, 0.4) is 0 Å². The second-order valence-electron chi connectivity index (χ2n) is 5.22. The molecule has 2 atom stereocenters. The van der Waals surface area contributed by atoms with E-state index in [1.165, 1.54) is 19.3 Å². The van der Waals surface area contributed by atoms with Crippen molar-refractivity contribution in [3.05, 3.63) is 0 Å². The highest BCUT2D eigenvalue weighted by atomic mass is 16.4. The van der Waals surface area contributed by atoms with E-state index in [1.54, 1.807) is 6.92 Å². The summed E-state index contributed by atoms with van der Waals surface area (Å²) >= 11 is 0. The zero-order valence-corrected chi connectivity index (χ0v) is 10.4. The third-order valence-electron chi connectivity index (χ3n) is 3.50. The Labute approximate surface area is 97.8 Å². The molecule has 16 heavy (non-hydrogen) atoms. The number of nitrogens with zero attached hydrogens (tertiary/aromatic N) is 1. The van der Waals surface area contributed by atoms with E-state index in [9.17, 15) is 4.79 Å². The van der Waals surface area contributed by atoms with E-state index in [2.05, 4.69) is 11.8 Å². The zero-order valence-electron chi connectivity index (χ0n) is 10.4. The molecular weight excluding hydrogens is 204 g/mol. The van der Waals surface area contributed by atoms with Crippen molar-refractivity contribution in [3.63, 3.8) is 0 Å². The third kappa shape index (κ3) is 3.76. The SMILES string of the molecule is CCCC1CCN(CCC(C)(N)C(=O)O)C1. The van der Waals surface area contributed by atoms with E-state index in [0.29, 0.717) is 6.42 Å². The first-order valence-corrected chi connectivity index (χ1v) is 6.20. The lowest BCUT2D eigenvalue weighted by atomic mass is 9.99. The Morgan fingerprint density at radius 1 is 1.62 bits per heavy atom. The molecule has 4 heteroatoms. The molecule has 1 aliphatic rings. The van der Waals surface area contributed by atoms with Crippen molar-refractivity contribution in [3.8, 4) is 0 Å². The number of likely N-dealkylation sites (tertiary alicyclic amines) is 1. The van der Waals surface area contributed by atoms with Crippen molar-refractivity contribution in [1.29, 1.82) is 0 Å². The average molecular weight is 228 g/mol. The highest BCUT2D eigenvalue weighted by molar-refractivity contribution is 5.77. The molecule has 1 rings (SSSR count). The van der Waals surface area contributed by atoms with Crippen molar-refractivity contribution in [1.82, 2.24) is 4.90 Å². The van der Waals surface area contributed by atoms with Gasteiger partial charge in [0, 0.05) is 13.1 Å². The summed E-state index contributed by atoms with van der Waals surface area (Å²) in [7, 11) is 0. The normalized spacial score (nSPS) is 25.6. The second kappa shape index (κ2) is 5.64. The fourth-order valence-corrected chi connectivity index (χ4v) is 2.26. The van der Waals surface area contributed by atoms with E-state index in [1.807, 2.05) is 0 Å². The fraction of sp³-hybridized carbons (Fsp3) is 0.917. The average Bonchev–Trinajstić information content (AvgIpc) is 2.63. The summed E-state index contributed by atoms with van der Waals surface area (Å²) < 4.78 is 0. The van der Waals surface area contributed by atoms with Gasteiger partial charge in [0.15, 0.2) is 0 Å². The second-order valence-corrected chi connectivity index (χ2v) is 5.22. The molecule has 3 N–H and O–H groups in total. The standard InChI is InChI=1S/C12H24N2O2/c1-3-4-10-5-7-14(9-10)8-6-12(2,13)11(15)16/h10H,3-9,13H2,1-2H3,(H,15,16). The van der Waals surface area contributed by atoms with Crippen LogP contribution >= 0.6 is 0 Å². The Morgan fingerprint density at radius 2 is 2.31 bits per heavy atom. The number of carboxylic acid groups (broad SMARTS) is 1. The monoisotopic (exact) mass is 228 g/mol. The first-order chi connectivity index (χ1) is 7.45. The summed E-state index contributed by atoms with van der Waals surface area (Å²) in [5, 5.41) is 8.91. The van der Waals surface area contributed by atoms with Gasteiger partial charge in [-0.15, -0.1) is 0 Å². The summed E-state index contributed by atoms with van der Waals surface area (Å²) in [6.45, 7) is 6.82. The predicted molar refractivity (Wildman–Crippen MR) is 64.3 cm³/mol. The molecule has 0 aromatic rings. The molecule has 1 aliphatic heterocycles. The van der Waals surface area contributed by atoms with Gasteiger partial charge in [-0.05, 0) is 38.6 Å². The van der Waals surface area contributed by atoms with Crippen LogP contribution in [0, 0.1) is 5.92 Å². The Hall–Kier alpha value is -0.610. The molecule has 4 nitrogen and oxygen atoms in total. The van der Waals surface area contributed by atoms with Gasteiger partial charge in [0.25, 0.3) is 0 Å². The number of rotatable bonds is 6. The largest absolute Gasteiger partial charge is 0.480 e. The number of hydrogen-bond donors (Lipinski definition) is 2. The van der Waals surface area contributed by atoms with E-state index >= 15 is 0 Å². The van der Waals surface area contributed by atoms with Crippen molar-refractivity contribution in [2.75, 3.05) is 19.6 Å². The minimum absolute atomic E-state index is 0.529. The molecule has 0 amide bonds. The van der Waals surface area contributed by atoms with Gasteiger partial charge in [0.2, 0.25) is 0 Å². The summed E-state index contributed by atoms with van der Waals surface area (Å²) in [6.07, 6.45) is 4.31. The third-order valence-corrected chi connectivity index (χ3v) is 3.50. The Bertz CT molecular complexity index is 241. The van der Waals surface area contributed by atoms with Crippen LogP contribution in [0.2, 0.25) is 0 Å². The van der Waals surface area contributed by atoms with Crippen LogP contribution in [0.4, 0.5) is 0 Å². The van der Waals surface area contributed by atoms with Crippen LogP contribution in [0.5, 0.6) is 0 Å². The minimum atomic E-state index is -1.08. The highest BCUT2D eigenvalue weighted by Gasteiger charge is 2.29. The van der Waals surface area contributed by atoms with Crippen molar-refractivity contribution < 1.29 is 9.90 Å². The smallest absolute Gasteiger partial charge is 0.323 e. The molecule has 1 heterocycles. The molecule has 0 bridgehead atoms. The van der Waals surface area contributed by atoms with Crippen LogP contribution in [0.1, 0.15) is 39.5 Å². The molecular formula is C12H24N2O2. The summed E-state index contributed by atoms with van der Waals surface area (Å²) in [4.78, 5) is 13.2. The Morgan fingerprint density at radius 3 is 2.88 bits per heavy atom. The van der Waals surface area contributed by atoms with Crippen LogP contribution in [0.15, 0.2) is 0 Å². The maximum Gasteiger partial charge on any atom is 0.323 e. The lowest BCUT2D eigenvalue weighted by molar-refractivity contribution is -0.143. The molecule has 0 aliphatic carbocycles. The fourth-order valence-electron chi connectivity index (χ4n) is 2.26. The van der Waals surface area contributed by atoms with Crippen LogP contribution in [-0.4, -0.2) is 41.1 Å². The molecule has 0 aromatic carbocycles. The van der Waals surface area contributed by atoms with Gasteiger partial charge in [-0.25, -0.2) is 0 Å². The highest BCUT2D eigenvalue weighted by Crippen LogP contribution is 2.21. The quantitative estimate of drug-likeness (QED) is 0.719. The van der Waals surface area contributed by atoms with Crippen LogP contribution in [-0.2, 0) is 4.79 Å². The van der Waals surface area contributed by atoms with Crippen LogP contribution < -0.4 is 5.73 Å². The van der Waals surface area contributed by atoms with E-state index < -0.39 is 11.5 Å². The van der Waals surface area contributed by atoms with Gasteiger partial charge in [0.05, 0.1) is 0 Å². The number of nitrogens with two attached hydrogens (primary N) is 1. The molecule has 94 valence electrons. The molecule has 0 spiro atoms. The lowest BCUT2D eigenvalue weighted by Gasteiger charge is -2.23. The maximum atomic E-state index is 10.8. The molecule has 0 saturated carbocycles. The van der Waals surface area contributed by atoms with E-state index in [-0.39, 0.29) is 0 Å². The van der Waals surface area contributed by atoms with Crippen molar-refractivity contribution >= 4 is 5.97 Å². The predicted octanol–water partition coefficient (Wildman–Crippen LogP) is 1.30. The molecule has 0 radical (unpaired) electrons. The Kier molecular flexibility index (Phi) is 4.74. The number of hydrogen-bond acceptors (Lipinski definition) is 3. The number of carbonyl (C=O) groups is 1. The van der Waals surface area contributed by atoms with E-state index in [0.717, 1.165) is 25.6 Å². The first kappa shape index (κ1) is 13.5. The topological polar surface area (TPSA) is 66.6 Å². The number of aliphatic carboxylic acids is 1. The molecule has 1 saturated heterocycles. The van der Waals surface area contributed by atoms with Gasteiger partial charge in [-0.1, -0.05) is 13.3 Å². The van der Waals surface area contributed by atoms with Crippen molar-refractivity contribution in [2.45, 2.75) is 45.1 Å². The maximum absolute atomic E-state index is 10.8. The number of carboxylic acids is 1. The summed E-state index contributed by atoms with van der Waals surface area (Å²) in [6, 6.07) is 0. The first-order valence-electron chi connectivity index (χ1n) is 6.20. The lowest BCUT2D eigenvalue weighted by Crippen LogP contribution is -2.47. The van der Waals surface area contributed by atoms with Gasteiger partial charge in [-0.3, -0.25) is 4.79 Å². The Balaban J connectivity index is 2.27. The summed E-state index contributed by atoms with van der Waals surface area (Å²) in [5.41, 5.74) is 4.62. The van der Waals surface area contributed by atoms with Gasteiger partial charge >= 0.3 is 5.97 Å². The van der Waals surface area contributed by atoms with Gasteiger partial charge in [-0.2, -0.15) is 0 Å². The summed E-state index contributed by atoms with van der Waals surface area (Å²) in [5.74, 6) is -0.101. The molecule has 1 fully saturated rings. The van der Waals surface area contributed by atoms with E-state index in [4.69, 9.17) is 10.8 Å². The van der Waals surface area contributed by atoms with Crippen molar-refractivity contribution in [2.24, 2.45) is 11.7 Å². The molecule has 2 unspecified atom stereocenters. The van der Waals surface area contributed by atoms with Gasteiger partial charge in [0.1, 0.15) is 5.54 Å². The molecule has 0 aromatic heterocycles. The van der Waals surface area contributed by atoms with Gasteiger partial charge < -0.3 is 15.7 Å². The zero-order chi connectivity index (χ0) is 12.2. The minimum Gasteiger partial charge on any atom is -0.480 e. The van der Waals surface area contributed by atoms with Crippen LogP contribution in [0.25, 0.3) is 0 Å².